The van der Waals surface area contributed by atoms with Crippen LogP contribution in [0, 0.1) is 5.92 Å². The van der Waals surface area contributed by atoms with E-state index in [2.05, 4.69) is 10.2 Å². The van der Waals surface area contributed by atoms with Crippen LogP contribution in [-0.4, -0.2) is 59.9 Å². The van der Waals surface area contributed by atoms with E-state index in [4.69, 9.17) is 0 Å². The van der Waals surface area contributed by atoms with Crippen molar-refractivity contribution in [2.75, 3.05) is 26.2 Å². The van der Waals surface area contributed by atoms with Crippen LogP contribution < -0.4 is 5.32 Å². The van der Waals surface area contributed by atoms with Crippen molar-refractivity contribution in [1.29, 1.82) is 0 Å². The number of likely N-dealkylation sites (tertiary alicyclic amines) is 2. The molecule has 0 bridgehead atoms. The molecule has 6 heteroatoms. The van der Waals surface area contributed by atoms with E-state index < -0.39 is 0 Å². The van der Waals surface area contributed by atoms with Crippen LogP contribution in [-0.2, 0) is 4.79 Å². The zero-order valence-electron chi connectivity index (χ0n) is 15.4. The molecule has 1 saturated carbocycles. The Bertz CT molecular complexity index is 627. The van der Waals surface area contributed by atoms with Gasteiger partial charge in [-0.3, -0.25) is 14.5 Å². The Morgan fingerprint density at radius 3 is 2.65 bits per heavy atom. The first-order valence-electron chi connectivity index (χ1n) is 10.1. The summed E-state index contributed by atoms with van der Waals surface area (Å²) in [6.45, 7) is 3.44. The SMILES string of the molecule is O=C(N[C@H]1CCN(C2CCCC2)C1)[C@@H]1CCCN(C(=O)c2cccs2)C1. The van der Waals surface area contributed by atoms with Crippen molar-refractivity contribution in [2.45, 2.75) is 57.0 Å². The number of nitrogens with one attached hydrogen (secondary N) is 1. The third-order valence-electron chi connectivity index (χ3n) is 6.22. The lowest BCUT2D eigenvalue weighted by Gasteiger charge is -2.32. The normalized spacial score (nSPS) is 27.8. The minimum absolute atomic E-state index is 0.0619. The van der Waals surface area contributed by atoms with Gasteiger partial charge in [0, 0.05) is 38.3 Å². The molecule has 1 aliphatic carbocycles. The van der Waals surface area contributed by atoms with Crippen LogP contribution in [0.5, 0.6) is 0 Å². The summed E-state index contributed by atoms with van der Waals surface area (Å²) in [5.74, 6) is 0.158. The zero-order chi connectivity index (χ0) is 17.9. The summed E-state index contributed by atoms with van der Waals surface area (Å²) in [4.78, 5) is 30.5. The molecule has 3 aliphatic rings. The molecule has 5 nitrogen and oxygen atoms in total. The van der Waals surface area contributed by atoms with Crippen molar-refractivity contribution in [3.05, 3.63) is 22.4 Å². The molecule has 0 unspecified atom stereocenters. The summed E-state index contributed by atoms with van der Waals surface area (Å²) in [6.07, 6.45) is 8.22. The number of rotatable bonds is 4. The summed E-state index contributed by atoms with van der Waals surface area (Å²) < 4.78 is 0. The van der Waals surface area contributed by atoms with Gasteiger partial charge in [0.15, 0.2) is 0 Å². The molecule has 1 aromatic rings. The lowest BCUT2D eigenvalue weighted by atomic mass is 9.96. The van der Waals surface area contributed by atoms with Gasteiger partial charge in [0.1, 0.15) is 0 Å². The maximum atomic E-state index is 12.8. The van der Waals surface area contributed by atoms with E-state index in [1.165, 1.54) is 37.0 Å². The molecule has 2 atom stereocenters. The summed E-state index contributed by atoms with van der Waals surface area (Å²) in [5.41, 5.74) is 0. The molecule has 1 aromatic heterocycles. The Morgan fingerprint density at radius 1 is 1.04 bits per heavy atom. The van der Waals surface area contributed by atoms with Gasteiger partial charge in [-0.2, -0.15) is 0 Å². The maximum absolute atomic E-state index is 12.8. The van der Waals surface area contributed by atoms with Crippen LogP contribution in [0.2, 0.25) is 0 Å². The molecule has 0 aromatic carbocycles. The van der Waals surface area contributed by atoms with E-state index in [-0.39, 0.29) is 23.8 Å². The second-order valence-electron chi connectivity index (χ2n) is 8.00. The molecule has 3 heterocycles. The molecule has 2 saturated heterocycles. The van der Waals surface area contributed by atoms with E-state index >= 15 is 0 Å². The summed E-state index contributed by atoms with van der Waals surface area (Å²) >= 11 is 1.48. The third kappa shape index (κ3) is 3.96. The van der Waals surface area contributed by atoms with Gasteiger partial charge in [-0.15, -0.1) is 11.3 Å². The van der Waals surface area contributed by atoms with Crippen molar-refractivity contribution in [3.63, 3.8) is 0 Å². The second kappa shape index (κ2) is 8.09. The monoisotopic (exact) mass is 375 g/mol. The van der Waals surface area contributed by atoms with Gasteiger partial charge in [-0.25, -0.2) is 0 Å². The fraction of sp³-hybridized carbons (Fsp3) is 0.700. The van der Waals surface area contributed by atoms with E-state index in [0.29, 0.717) is 6.54 Å². The predicted octanol–water partition coefficient (Wildman–Crippen LogP) is 2.73. The van der Waals surface area contributed by atoms with Crippen LogP contribution in [0.25, 0.3) is 0 Å². The smallest absolute Gasteiger partial charge is 0.263 e. The number of thiophene rings is 1. The predicted molar refractivity (Wildman–Crippen MR) is 103 cm³/mol. The average Bonchev–Trinajstić information content (AvgIpc) is 3.42. The van der Waals surface area contributed by atoms with E-state index in [1.54, 1.807) is 0 Å². The summed E-state index contributed by atoms with van der Waals surface area (Å²) in [5, 5.41) is 5.21. The Hall–Kier alpha value is -1.40. The number of piperidine rings is 1. The number of nitrogens with zero attached hydrogens (tertiary/aromatic N) is 2. The maximum Gasteiger partial charge on any atom is 0.263 e. The van der Waals surface area contributed by atoms with Crippen molar-refractivity contribution in [1.82, 2.24) is 15.1 Å². The molecule has 26 heavy (non-hydrogen) atoms. The minimum atomic E-state index is -0.0619. The summed E-state index contributed by atoms with van der Waals surface area (Å²) in [7, 11) is 0. The molecule has 142 valence electrons. The minimum Gasteiger partial charge on any atom is -0.352 e. The van der Waals surface area contributed by atoms with Crippen LogP contribution in [0.1, 0.15) is 54.6 Å². The highest BCUT2D eigenvalue weighted by molar-refractivity contribution is 7.12. The van der Waals surface area contributed by atoms with Gasteiger partial charge in [0.2, 0.25) is 5.91 Å². The topological polar surface area (TPSA) is 52.7 Å². The lowest BCUT2D eigenvalue weighted by Crippen LogP contribution is -2.48. The highest BCUT2D eigenvalue weighted by Gasteiger charge is 2.34. The van der Waals surface area contributed by atoms with E-state index in [9.17, 15) is 9.59 Å². The Balaban J connectivity index is 1.28. The highest BCUT2D eigenvalue weighted by Crippen LogP contribution is 2.27. The van der Waals surface area contributed by atoms with Gasteiger partial charge in [-0.05, 0) is 43.6 Å². The zero-order valence-corrected chi connectivity index (χ0v) is 16.2. The lowest BCUT2D eigenvalue weighted by molar-refractivity contribution is -0.127. The first-order valence-corrected chi connectivity index (χ1v) is 11.0. The van der Waals surface area contributed by atoms with Crippen LogP contribution in [0.3, 0.4) is 0 Å². The Morgan fingerprint density at radius 2 is 1.88 bits per heavy atom. The van der Waals surface area contributed by atoms with E-state index in [1.807, 2.05) is 22.4 Å². The van der Waals surface area contributed by atoms with Crippen molar-refractivity contribution >= 4 is 23.2 Å². The number of hydrogen-bond donors (Lipinski definition) is 1. The van der Waals surface area contributed by atoms with Crippen LogP contribution in [0.15, 0.2) is 17.5 Å². The fourth-order valence-electron chi connectivity index (χ4n) is 4.76. The highest BCUT2D eigenvalue weighted by atomic mass is 32.1. The van der Waals surface area contributed by atoms with Gasteiger partial charge in [0.25, 0.3) is 5.91 Å². The summed E-state index contributed by atoms with van der Waals surface area (Å²) in [6, 6.07) is 4.80. The number of hydrogen-bond acceptors (Lipinski definition) is 4. The van der Waals surface area contributed by atoms with Crippen LogP contribution >= 0.6 is 11.3 Å². The molecule has 0 spiro atoms. The van der Waals surface area contributed by atoms with Gasteiger partial charge in [-0.1, -0.05) is 18.9 Å². The first-order chi connectivity index (χ1) is 12.7. The van der Waals surface area contributed by atoms with Gasteiger partial charge < -0.3 is 10.2 Å². The molecule has 4 rings (SSSR count). The molecule has 2 aliphatic heterocycles. The van der Waals surface area contributed by atoms with E-state index in [0.717, 1.165) is 49.8 Å². The molecule has 3 fully saturated rings. The fourth-order valence-corrected chi connectivity index (χ4v) is 5.45. The molecular formula is C20H29N3O2S. The second-order valence-corrected chi connectivity index (χ2v) is 8.94. The van der Waals surface area contributed by atoms with Crippen molar-refractivity contribution in [3.8, 4) is 0 Å². The molecule has 2 amide bonds. The molecular weight excluding hydrogens is 346 g/mol. The average molecular weight is 376 g/mol. The Kier molecular flexibility index (Phi) is 5.60. The van der Waals surface area contributed by atoms with Crippen molar-refractivity contribution < 1.29 is 9.59 Å². The quantitative estimate of drug-likeness (QED) is 0.880. The molecule has 0 radical (unpaired) electrons. The van der Waals surface area contributed by atoms with Gasteiger partial charge >= 0.3 is 0 Å². The van der Waals surface area contributed by atoms with Gasteiger partial charge in [0.05, 0.1) is 10.8 Å². The van der Waals surface area contributed by atoms with Crippen LogP contribution in [0.4, 0.5) is 0 Å². The third-order valence-corrected chi connectivity index (χ3v) is 7.08. The molecule has 1 N–H and O–H groups in total. The largest absolute Gasteiger partial charge is 0.352 e. The Labute approximate surface area is 159 Å². The first kappa shape index (κ1) is 18.0. The number of amides is 2. The number of carbonyl (C=O) groups is 2. The number of carbonyl (C=O) groups excluding carboxylic acids is 2. The van der Waals surface area contributed by atoms with Crippen molar-refractivity contribution in [2.24, 2.45) is 5.92 Å². The standard InChI is InChI=1S/C20H29N3O2S/c24-19(21-16-9-11-22(14-16)17-6-1-2-7-17)15-5-3-10-23(13-15)20(25)18-8-4-12-26-18/h4,8,12,15-17H,1-3,5-7,9-11,13-14H2,(H,21,24)/t15-,16+/m1/s1.